The van der Waals surface area contributed by atoms with E-state index in [1.54, 1.807) is 13.8 Å². The largest absolute Gasteiger partial charge is 0.467 e. The molecule has 3 aliphatic rings. The van der Waals surface area contributed by atoms with Crippen molar-refractivity contribution in [3.8, 4) is 0 Å². The molecule has 0 aromatic carbocycles. The summed E-state index contributed by atoms with van der Waals surface area (Å²) in [6.07, 6.45) is 7.34. The molecule has 132 valence electrons. The Morgan fingerprint density at radius 3 is 2.13 bits per heavy atom. The van der Waals surface area contributed by atoms with Crippen molar-refractivity contribution in [2.75, 3.05) is 0 Å². The summed E-state index contributed by atoms with van der Waals surface area (Å²) >= 11 is 0. The first-order valence-corrected chi connectivity index (χ1v) is 9.26. The van der Waals surface area contributed by atoms with Gasteiger partial charge in [0.15, 0.2) is 0 Å². The molecule has 0 N–H and O–H groups in total. The van der Waals surface area contributed by atoms with Gasteiger partial charge < -0.3 is 4.74 Å². The summed E-state index contributed by atoms with van der Waals surface area (Å²) in [6, 6.07) is -0.385. The molecule has 0 radical (unpaired) electrons. The van der Waals surface area contributed by atoms with Crippen molar-refractivity contribution < 1.29 is 17.9 Å². The molecule has 2 aliphatic carbocycles. The zero-order chi connectivity index (χ0) is 16.6. The molecule has 2 fully saturated rings. The van der Waals surface area contributed by atoms with Crippen molar-refractivity contribution in [2.24, 2.45) is 23.7 Å². The van der Waals surface area contributed by atoms with Crippen molar-refractivity contribution in [3.05, 3.63) is 11.6 Å². The lowest BCUT2D eigenvalue weighted by Crippen LogP contribution is -2.38. The van der Waals surface area contributed by atoms with E-state index in [1.807, 2.05) is 0 Å². The third-order valence-corrected chi connectivity index (χ3v) is 6.63. The van der Waals surface area contributed by atoms with Gasteiger partial charge in [-0.2, -0.15) is 4.39 Å². The van der Waals surface area contributed by atoms with E-state index in [9.17, 15) is 13.2 Å². The highest BCUT2D eigenvalue weighted by molar-refractivity contribution is 5.04. The lowest BCUT2D eigenvalue weighted by Gasteiger charge is -2.42. The molecule has 4 heteroatoms. The molecule has 0 bridgehead atoms. The molecule has 1 nitrogen and oxygen atoms in total. The van der Waals surface area contributed by atoms with Gasteiger partial charge in [-0.15, -0.1) is 0 Å². The average Bonchev–Trinajstić information content (AvgIpc) is 2.53. The fourth-order valence-corrected chi connectivity index (χ4v) is 4.80. The normalized spacial score (nSPS) is 41.5. The van der Waals surface area contributed by atoms with Crippen LogP contribution in [0.5, 0.6) is 0 Å². The number of allylic oxidation sites excluding steroid dienone is 1. The van der Waals surface area contributed by atoms with Crippen LogP contribution in [0.15, 0.2) is 11.6 Å². The Bertz CT molecular complexity index is 452. The second-order valence-corrected chi connectivity index (χ2v) is 8.13. The van der Waals surface area contributed by atoms with Crippen LogP contribution in [0.25, 0.3) is 0 Å². The van der Waals surface area contributed by atoms with Gasteiger partial charge in [0, 0.05) is 12.3 Å². The Hall–Kier alpha value is -0.670. The Kier molecular flexibility index (Phi) is 4.98. The molecule has 3 atom stereocenters. The highest BCUT2D eigenvalue weighted by atomic mass is 19.3. The van der Waals surface area contributed by atoms with E-state index in [1.165, 1.54) is 0 Å². The third kappa shape index (κ3) is 3.71. The van der Waals surface area contributed by atoms with Crippen LogP contribution >= 0.6 is 0 Å². The minimum atomic E-state index is -2.49. The van der Waals surface area contributed by atoms with Crippen LogP contribution in [0.1, 0.15) is 71.6 Å². The fraction of sp³-hybridized carbons (Fsp3) is 0.895. The number of halogens is 3. The maximum absolute atomic E-state index is 14.0. The number of alkyl halides is 2. The monoisotopic (exact) mass is 330 g/mol. The standard InChI is InChI=1S/C19H29F3O/c1-12-3-10-17(23-18(12)20)15-8-6-14(7-9-15)16-5-4-13(2)19(21,22)11-16/h13-17H,3-11H2,1-2H3. The van der Waals surface area contributed by atoms with E-state index in [0.29, 0.717) is 23.8 Å². The maximum Gasteiger partial charge on any atom is 0.271 e. The molecule has 3 rings (SSSR count). The van der Waals surface area contributed by atoms with Crippen molar-refractivity contribution in [1.82, 2.24) is 0 Å². The van der Waals surface area contributed by atoms with Gasteiger partial charge in [0.25, 0.3) is 11.9 Å². The molecule has 0 aromatic heterocycles. The molecule has 0 saturated heterocycles. The Morgan fingerprint density at radius 2 is 1.52 bits per heavy atom. The lowest BCUT2D eigenvalue weighted by molar-refractivity contribution is -0.107. The molecule has 0 amide bonds. The molecule has 2 saturated carbocycles. The second-order valence-electron chi connectivity index (χ2n) is 8.13. The number of rotatable bonds is 2. The van der Waals surface area contributed by atoms with Gasteiger partial charge in [-0.25, -0.2) is 8.78 Å². The van der Waals surface area contributed by atoms with Gasteiger partial charge in [-0.05, 0) is 81.6 Å². The molecule has 3 unspecified atom stereocenters. The summed E-state index contributed by atoms with van der Waals surface area (Å²) in [7, 11) is 0. The Labute approximate surface area is 137 Å². The van der Waals surface area contributed by atoms with Gasteiger partial charge in [-0.3, -0.25) is 0 Å². The second kappa shape index (κ2) is 6.68. The zero-order valence-electron chi connectivity index (χ0n) is 14.3. The lowest BCUT2D eigenvalue weighted by atomic mass is 9.67. The van der Waals surface area contributed by atoms with Crippen LogP contribution in [0.2, 0.25) is 0 Å². The average molecular weight is 330 g/mol. The van der Waals surface area contributed by atoms with E-state index in [-0.39, 0.29) is 24.5 Å². The molecule has 1 heterocycles. The first-order chi connectivity index (χ1) is 10.9. The van der Waals surface area contributed by atoms with Gasteiger partial charge in [0.1, 0.15) is 6.10 Å². The van der Waals surface area contributed by atoms with Crippen molar-refractivity contribution >= 4 is 0 Å². The number of hydrogen-bond acceptors (Lipinski definition) is 1. The highest BCUT2D eigenvalue weighted by Crippen LogP contribution is 2.48. The van der Waals surface area contributed by atoms with Crippen LogP contribution in [-0.2, 0) is 4.74 Å². The molecule has 1 aliphatic heterocycles. The molecule has 0 aromatic rings. The first kappa shape index (κ1) is 17.2. The molecular weight excluding hydrogens is 301 g/mol. The smallest absolute Gasteiger partial charge is 0.271 e. The van der Waals surface area contributed by atoms with Gasteiger partial charge >= 0.3 is 0 Å². The summed E-state index contributed by atoms with van der Waals surface area (Å²) in [5.74, 6) is -1.96. The van der Waals surface area contributed by atoms with E-state index < -0.39 is 11.8 Å². The van der Waals surface area contributed by atoms with E-state index in [0.717, 1.165) is 44.9 Å². The van der Waals surface area contributed by atoms with E-state index in [2.05, 4.69) is 0 Å². The zero-order valence-corrected chi connectivity index (χ0v) is 14.3. The summed E-state index contributed by atoms with van der Waals surface area (Å²) in [5.41, 5.74) is 0.716. The van der Waals surface area contributed by atoms with Crippen LogP contribution in [0, 0.1) is 23.7 Å². The Morgan fingerprint density at radius 1 is 0.913 bits per heavy atom. The Balaban J connectivity index is 1.51. The van der Waals surface area contributed by atoms with Crippen LogP contribution < -0.4 is 0 Å². The van der Waals surface area contributed by atoms with Crippen LogP contribution in [0.4, 0.5) is 13.2 Å². The maximum atomic E-state index is 14.0. The van der Waals surface area contributed by atoms with Crippen LogP contribution in [-0.4, -0.2) is 12.0 Å². The van der Waals surface area contributed by atoms with E-state index >= 15 is 0 Å². The third-order valence-electron chi connectivity index (χ3n) is 6.63. The van der Waals surface area contributed by atoms with Gasteiger partial charge in [0.2, 0.25) is 0 Å². The first-order valence-electron chi connectivity index (χ1n) is 9.26. The van der Waals surface area contributed by atoms with Crippen LogP contribution in [0.3, 0.4) is 0 Å². The SMILES string of the molecule is CC1=C(F)OC(C2CCC(C3CCC(C)C(F)(F)C3)CC2)CC1. The fourth-order valence-electron chi connectivity index (χ4n) is 4.80. The number of ether oxygens (including phenoxy) is 1. The van der Waals surface area contributed by atoms with Gasteiger partial charge in [0.05, 0.1) is 0 Å². The number of hydrogen-bond donors (Lipinski definition) is 0. The minimum absolute atomic E-state index is 0.00697. The molecule has 23 heavy (non-hydrogen) atoms. The highest BCUT2D eigenvalue weighted by Gasteiger charge is 2.45. The quantitative estimate of drug-likeness (QED) is 0.582. The summed E-state index contributed by atoms with van der Waals surface area (Å²) in [5, 5.41) is 0. The minimum Gasteiger partial charge on any atom is -0.467 e. The predicted octanol–water partition coefficient (Wildman–Crippen LogP) is 6.24. The van der Waals surface area contributed by atoms with Crippen molar-refractivity contribution in [3.63, 3.8) is 0 Å². The van der Waals surface area contributed by atoms with Crippen molar-refractivity contribution in [2.45, 2.75) is 83.7 Å². The summed E-state index contributed by atoms with van der Waals surface area (Å²) < 4.78 is 47.1. The van der Waals surface area contributed by atoms with E-state index in [4.69, 9.17) is 4.74 Å². The topological polar surface area (TPSA) is 9.23 Å². The molecule has 0 spiro atoms. The summed E-state index contributed by atoms with van der Waals surface area (Å²) in [4.78, 5) is 0. The predicted molar refractivity (Wildman–Crippen MR) is 84.8 cm³/mol. The molecular formula is C19H29F3O. The van der Waals surface area contributed by atoms with Crippen molar-refractivity contribution in [1.29, 1.82) is 0 Å². The summed E-state index contributed by atoms with van der Waals surface area (Å²) in [6.45, 7) is 3.46. The van der Waals surface area contributed by atoms with Gasteiger partial charge in [-0.1, -0.05) is 6.92 Å².